The molecule has 3 heterocycles. The fourth-order valence-corrected chi connectivity index (χ4v) is 17.8. The van der Waals surface area contributed by atoms with Crippen molar-refractivity contribution in [2.75, 3.05) is 4.90 Å². The molecule has 0 saturated carbocycles. The predicted octanol–water partition coefficient (Wildman–Crippen LogP) is 37.7. The van der Waals surface area contributed by atoms with Crippen molar-refractivity contribution >= 4 is 44.4 Å². The lowest BCUT2D eigenvalue weighted by molar-refractivity contribution is 0.590. The zero-order valence-electron chi connectivity index (χ0n) is 85.4. The number of hydrogen-bond acceptors (Lipinski definition) is 3. The van der Waals surface area contributed by atoms with E-state index in [1.807, 2.05) is 26.1 Å². The third kappa shape index (κ3) is 25.1. The molecule has 0 atom stereocenters. The molecule has 13 aromatic carbocycles. The Labute approximate surface area is 811 Å². The molecule has 16 rings (SSSR count). The maximum absolute atomic E-state index is 5.15. The van der Waals surface area contributed by atoms with Crippen LogP contribution in [0.2, 0.25) is 0 Å². The number of pyridine rings is 2. The van der Waals surface area contributed by atoms with Gasteiger partial charge in [-0.05, 0) is 399 Å². The van der Waals surface area contributed by atoms with Crippen molar-refractivity contribution in [1.29, 1.82) is 0 Å². The molecule has 135 heavy (non-hydrogen) atoms. The van der Waals surface area contributed by atoms with Crippen molar-refractivity contribution in [2.24, 2.45) is 0 Å². The van der Waals surface area contributed by atoms with E-state index in [-0.39, 0.29) is 10.8 Å². The summed E-state index contributed by atoms with van der Waals surface area (Å²) < 4.78 is 2.46. The van der Waals surface area contributed by atoms with Gasteiger partial charge in [-0.1, -0.05) is 319 Å². The molecule has 16 aromatic rings. The third-order valence-electron chi connectivity index (χ3n) is 27.6. The van der Waals surface area contributed by atoms with Crippen LogP contribution in [0.4, 0.5) is 17.1 Å². The topological polar surface area (TPSA) is 34.0 Å². The molecule has 0 aliphatic carbocycles. The van der Waals surface area contributed by atoms with Crippen LogP contribution in [0.5, 0.6) is 0 Å². The Bertz CT molecular complexity index is 6420. The van der Waals surface area contributed by atoms with Crippen LogP contribution in [0.15, 0.2) is 327 Å². The molecule has 0 radical (unpaired) electrons. The van der Waals surface area contributed by atoms with E-state index in [1.54, 1.807) is 0 Å². The summed E-state index contributed by atoms with van der Waals surface area (Å²) in [5, 5.41) is 2.60. The minimum atomic E-state index is 0.130. The van der Waals surface area contributed by atoms with Crippen molar-refractivity contribution in [3.8, 4) is 83.8 Å². The maximum Gasteiger partial charge on any atom is 0.0715 e. The molecule has 4 nitrogen and oxygen atoms in total. The molecular formula is C131H146N4. The number of hydrogen-bond donors (Lipinski definition) is 0. The van der Waals surface area contributed by atoms with Gasteiger partial charge in [0.2, 0.25) is 0 Å². The van der Waals surface area contributed by atoms with Crippen LogP contribution < -0.4 is 4.90 Å². The Morgan fingerprint density at radius 1 is 0.326 bits per heavy atom. The SMILES string of the molecule is C=C(/C=C(C)\C(C)=C\C)c1ccc(C)cn1.CCCCc1ccc(-c2ccc(N(c3ccc(-c4ccc(CCCC)cc4)cc3)c3cc(C)c(C)c(C)c3)cc2)cc1.CCCCc1ccc(-c2ccc3c(c2)c2cc(-c4ccc(CCCC)cc4)ccc2n3-c2cc(C)c(C)c(C)c2)cc1.Cc1cc(-c2cc(-c3ccc(C(C)(C)C)cc3)nc(-c3ccc(C(C)(C)C)cc3)c2)cc(C)c1C. The quantitative estimate of drug-likeness (QED) is 0.0507. The molecule has 690 valence electrons. The largest absolute Gasteiger partial charge is 0.310 e. The van der Waals surface area contributed by atoms with E-state index < -0.39 is 0 Å². The van der Waals surface area contributed by atoms with E-state index in [9.17, 15) is 0 Å². The summed E-state index contributed by atoms with van der Waals surface area (Å²) in [6, 6.07) is 109. The molecule has 0 unspecified atom stereocenters. The highest BCUT2D eigenvalue weighted by molar-refractivity contribution is 6.12. The monoisotopic (exact) mass is 1780 g/mol. The van der Waals surface area contributed by atoms with Gasteiger partial charge in [-0.2, -0.15) is 0 Å². The third-order valence-corrected chi connectivity index (χ3v) is 27.6. The second-order valence-electron chi connectivity index (χ2n) is 39.9. The van der Waals surface area contributed by atoms with Crippen LogP contribution in [0.3, 0.4) is 0 Å². The normalized spacial score (nSPS) is 11.7. The predicted molar refractivity (Wildman–Crippen MR) is 590 cm³/mol. The number of allylic oxidation sites excluding steroid dienone is 5. The first-order valence-corrected chi connectivity index (χ1v) is 49.7. The maximum atomic E-state index is 5.15. The first-order valence-electron chi connectivity index (χ1n) is 49.7. The zero-order valence-corrected chi connectivity index (χ0v) is 85.4. The summed E-state index contributed by atoms with van der Waals surface area (Å²) in [7, 11) is 0. The number of fused-ring (bicyclic) bond motifs is 3. The highest BCUT2D eigenvalue weighted by Crippen LogP contribution is 2.43. The highest BCUT2D eigenvalue weighted by Gasteiger charge is 2.22. The second-order valence-corrected chi connectivity index (χ2v) is 39.9. The molecule has 0 amide bonds. The summed E-state index contributed by atoms with van der Waals surface area (Å²) in [5.74, 6) is 0. The molecule has 0 bridgehead atoms. The fourth-order valence-electron chi connectivity index (χ4n) is 17.8. The van der Waals surface area contributed by atoms with Crippen molar-refractivity contribution < 1.29 is 0 Å². The van der Waals surface area contributed by atoms with Crippen molar-refractivity contribution in [3.05, 3.63) is 422 Å². The summed E-state index contributed by atoms with van der Waals surface area (Å²) >= 11 is 0. The van der Waals surface area contributed by atoms with Crippen LogP contribution in [-0.2, 0) is 36.5 Å². The summed E-state index contributed by atoms with van der Waals surface area (Å²) in [6.07, 6.45) is 20.6. The number of aromatic nitrogens is 3. The lowest BCUT2D eigenvalue weighted by Gasteiger charge is -2.27. The van der Waals surface area contributed by atoms with Gasteiger partial charge in [-0.3, -0.25) is 4.98 Å². The van der Waals surface area contributed by atoms with Crippen molar-refractivity contribution in [1.82, 2.24) is 14.5 Å². The average molecular weight is 1780 g/mol. The molecule has 4 heteroatoms. The zero-order chi connectivity index (χ0) is 96.4. The second kappa shape index (κ2) is 45.3. The Balaban J connectivity index is 0.000000159. The van der Waals surface area contributed by atoms with Gasteiger partial charge < -0.3 is 9.47 Å². The van der Waals surface area contributed by atoms with Crippen molar-refractivity contribution in [2.45, 2.75) is 247 Å². The lowest BCUT2D eigenvalue weighted by atomic mass is 9.86. The van der Waals surface area contributed by atoms with Gasteiger partial charge in [0.05, 0.1) is 28.1 Å². The molecule has 0 saturated heterocycles. The first kappa shape index (κ1) is 99.5. The van der Waals surface area contributed by atoms with E-state index in [0.29, 0.717) is 0 Å². The minimum absolute atomic E-state index is 0.130. The molecule has 0 N–H and O–H groups in total. The number of nitrogens with zero attached hydrogens (tertiary/aromatic N) is 4. The average Bonchev–Trinajstić information content (AvgIpc) is 1.58. The first-order chi connectivity index (χ1) is 64.8. The molecule has 0 aliphatic heterocycles. The fraction of sp³-hybridized carbons (Fsp3) is 0.282. The number of aryl methyl sites for hydroxylation is 11. The Morgan fingerprint density at radius 2 is 0.637 bits per heavy atom. The smallest absolute Gasteiger partial charge is 0.0715 e. The van der Waals surface area contributed by atoms with E-state index in [1.165, 1.54) is 240 Å². The van der Waals surface area contributed by atoms with Gasteiger partial charge in [0.1, 0.15) is 0 Å². The summed E-state index contributed by atoms with van der Waals surface area (Å²) in [6.45, 7) is 54.7. The summed E-state index contributed by atoms with van der Waals surface area (Å²) in [5.41, 5.74) is 50.3. The number of unbranched alkanes of at least 4 members (excludes halogenated alkanes) is 4. The molecule has 0 fully saturated rings. The van der Waals surface area contributed by atoms with Gasteiger partial charge in [-0.15, -0.1) is 0 Å². The van der Waals surface area contributed by atoms with E-state index >= 15 is 0 Å². The van der Waals surface area contributed by atoms with E-state index in [0.717, 1.165) is 70.8 Å². The Morgan fingerprint density at radius 3 is 0.963 bits per heavy atom. The van der Waals surface area contributed by atoms with Gasteiger partial charge in [0.15, 0.2) is 0 Å². The van der Waals surface area contributed by atoms with Crippen molar-refractivity contribution in [3.63, 3.8) is 0 Å². The molecule has 3 aromatic heterocycles. The highest BCUT2D eigenvalue weighted by atomic mass is 15.1. The van der Waals surface area contributed by atoms with E-state index in [4.69, 9.17) is 4.98 Å². The Hall–Kier alpha value is -13.0. The van der Waals surface area contributed by atoms with Gasteiger partial charge in [0, 0.05) is 50.8 Å². The van der Waals surface area contributed by atoms with Crippen LogP contribution >= 0.6 is 0 Å². The number of benzene rings is 13. The van der Waals surface area contributed by atoms with Crippen LogP contribution in [0.25, 0.3) is 111 Å². The van der Waals surface area contributed by atoms with Crippen LogP contribution in [0.1, 0.15) is 236 Å². The number of anilines is 3. The van der Waals surface area contributed by atoms with Gasteiger partial charge >= 0.3 is 0 Å². The van der Waals surface area contributed by atoms with Crippen LogP contribution in [-0.4, -0.2) is 14.5 Å². The molecule has 0 spiro atoms. The standard InChI is InChI=1S/C41H43N.C41H45N.C34H39N.C15H19N/c1-6-8-10-31-12-16-33(17-13-31)35-20-22-40-38(26-35)39-27-36(34-18-14-32(15-19-34)11-9-7-2)21-23-41(39)42(40)37-24-28(3)30(5)29(4)25-37;1-6-8-10-33-12-16-35(17-13-33)37-20-24-39(25-21-37)42(41-28-30(3)32(5)31(4)29-41)40-26-22-38(23-27-40)36-18-14-34(15-19-36)11-9-7-2;1-22-18-27(19-23(2)24(22)3)28-20-31(25-10-14-29(15-11-25)33(4,5)6)35-32(21-28)26-12-16-30(17-13-26)34(7,8)9;1-6-12(3)13(4)9-14(5)15-8-7-11(2)10-16-15/h12-27H,6-11H2,1-5H3;12-29H,6-11H2,1-5H3;10-21H,1-9H3;6-10H,5H2,1-4H3/b;;;12-6+,13-9-. The number of rotatable bonds is 26. The van der Waals surface area contributed by atoms with Crippen LogP contribution in [0, 0.1) is 69.2 Å². The van der Waals surface area contributed by atoms with E-state index in [2.05, 4.69) is 464 Å². The van der Waals surface area contributed by atoms with Gasteiger partial charge in [0.25, 0.3) is 0 Å². The molecular weight excluding hydrogens is 1630 g/mol. The molecule has 0 aliphatic rings. The Kier molecular flexibility index (Phi) is 33.4. The minimum Gasteiger partial charge on any atom is -0.310 e. The lowest BCUT2D eigenvalue weighted by Crippen LogP contribution is -2.11. The summed E-state index contributed by atoms with van der Waals surface area (Å²) in [4.78, 5) is 11.9. The van der Waals surface area contributed by atoms with Gasteiger partial charge in [-0.25, -0.2) is 4.98 Å².